The van der Waals surface area contributed by atoms with Crippen LogP contribution in [0.3, 0.4) is 0 Å². The summed E-state index contributed by atoms with van der Waals surface area (Å²) in [5.41, 5.74) is 12.3. The van der Waals surface area contributed by atoms with Gasteiger partial charge in [-0.05, 0) is 37.0 Å². The molecule has 0 bridgehead atoms. The van der Waals surface area contributed by atoms with Crippen molar-refractivity contribution in [2.75, 3.05) is 13.1 Å². The van der Waals surface area contributed by atoms with Crippen LogP contribution in [0.25, 0.3) is 0 Å². The van der Waals surface area contributed by atoms with E-state index in [9.17, 15) is 37.1 Å². The van der Waals surface area contributed by atoms with Gasteiger partial charge in [-0.25, -0.2) is 14.4 Å². The first-order valence-corrected chi connectivity index (χ1v) is 10.7. The molecule has 0 aromatic heterocycles. The molecule has 0 saturated heterocycles. The summed E-state index contributed by atoms with van der Waals surface area (Å²) in [5, 5.41) is 9.49. The van der Waals surface area contributed by atoms with Crippen molar-refractivity contribution in [3.63, 3.8) is 0 Å². The number of carbonyl (C=O) groups is 6. The first-order valence-electron chi connectivity index (χ1n) is 10.7. The van der Waals surface area contributed by atoms with Crippen molar-refractivity contribution in [3.05, 3.63) is 47.5 Å². The first kappa shape index (κ1) is 30.9. The lowest BCUT2D eigenvalue weighted by molar-refractivity contribution is -0.192. The van der Waals surface area contributed by atoms with Crippen molar-refractivity contribution in [3.8, 4) is 0 Å². The number of carboxylic acids is 1. The van der Waals surface area contributed by atoms with Crippen LogP contribution in [0, 0.1) is 0 Å². The number of carbonyl (C=O) groups excluding carboxylic acids is 5. The van der Waals surface area contributed by atoms with Crippen LogP contribution in [-0.4, -0.2) is 70.9 Å². The van der Waals surface area contributed by atoms with Gasteiger partial charge in [0.05, 0.1) is 0 Å². The number of hydrogen-bond acceptors (Lipinski definition) is 9. The topological polar surface area (TPSA) is 199 Å². The Hall–Kier alpha value is -4.11. The second-order valence-corrected chi connectivity index (χ2v) is 7.45. The number of carboxylic acid groups (broad SMARTS) is 1. The second-order valence-electron chi connectivity index (χ2n) is 7.45. The molecule has 12 nitrogen and oxygen atoms in total. The molecule has 202 valence electrons. The van der Waals surface area contributed by atoms with E-state index in [4.69, 9.17) is 21.4 Å². The highest BCUT2D eigenvalue weighted by atomic mass is 19.4. The Bertz CT molecular complexity index is 1040. The van der Waals surface area contributed by atoms with Crippen molar-refractivity contribution in [2.24, 2.45) is 11.5 Å². The SMILES string of the molecule is NCc1cccc(C(=O)NCC(=O)OC(=O)[C@H](N)CCCCN2C(=O)C=CC2=O)c1.O=C(O)C(F)(F)F. The molecule has 0 saturated carbocycles. The van der Waals surface area contributed by atoms with Gasteiger partial charge in [-0.2, -0.15) is 13.2 Å². The molecule has 1 atom stereocenters. The van der Waals surface area contributed by atoms with Gasteiger partial charge in [0, 0.05) is 30.8 Å². The molecule has 3 amide bonds. The van der Waals surface area contributed by atoms with Gasteiger partial charge in [0.25, 0.3) is 17.7 Å². The maximum absolute atomic E-state index is 12.0. The normalized spacial score (nSPS) is 13.5. The van der Waals surface area contributed by atoms with Crippen LogP contribution in [0.4, 0.5) is 13.2 Å². The lowest BCUT2D eigenvalue weighted by atomic mass is 10.1. The summed E-state index contributed by atoms with van der Waals surface area (Å²) in [5.74, 6) is -5.84. The van der Waals surface area contributed by atoms with E-state index in [2.05, 4.69) is 10.1 Å². The van der Waals surface area contributed by atoms with E-state index in [1.807, 2.05) is 0 Å². The number of nitrogens with two attached hydrogens (primary N) is 2. The number of halogens is 3. The van der Waals surface area contributed by atoms with Gasteiger partial charge in [0.1, 0.15) is 12.6 Å². The van der Waals surface area contributed by atoms with Gasteiger partial charge in [0.15, 0.2) is 0 Å². The maximum Gasteiger partial charge on any atom is 0.490 e. The van der Waals surface area contributed by atoms with E-state index in [0.717, 1.165) is 10.5 Å². The highest BCUT2D eigenvalue weighted by Gasteiger charge is 2.38. The third-order valence-corrected chi connectivity index (χ3v) is 4.63. The minimum atomic E-state index is -5.08. The number of imide groups is 1. The van der Waals surface area contributed by atoms with Crippen LogP contribution in [-0.2, 0) is 35.3 Å². The van der Waals surface area contributed by atoms with Crippen LogP contribution in [0.15, 0.2) is 36.4 Å². The Morgan fingerprint density at radius 3 is 2.22 bits per heavy atom. The van der Waals surface area contributed by atoms with Crippen molar-refractivity contribution < 1.29 is 51.8 Å². The highest BCUT2D eigenvalue weighted by molar-refractivity contribution is 6.12. The highest BCUT2D eigenvalue weighted by Crippen LogP contribution is 2.13. The smallest absolute Gasteiger partial charge is 0.475 e. The molecule has 1 aromatic rings. The summed E-state index contributed by atoms with van der Waals surface area (Å²) in [6.07, 6.45) is -1.55. The molecule has 0 aliphatic carbocycles. The number of hydrogen-bond donors (Lipinski definition) is 4. The molecule has 0 radical (unpaired) electrons. The minimum Gasteiger partial charge on any atom is -0.475 e. The summed E-state index contributed by atoms with van der Waals surface area (Å²) >= 11 is 0. The van der Waals surface area contributed by atoms with E-state index >= 15 is 0 Å². The quantitative estimate of drug-likeness (QED) is 0.138. The lowest BCUT2D eigenvalue weighted by Crippen LogP contribution is -2.37. The molecule has 15 heteroatoms. The third-order valence-electron chi connectivity index (χ3n) is 4.63. The molecule has 1 aromatic carbocycles. The number of benzene rings is 1. The van der Waals surface area contributed by atoms with Gasteiger partial charge in [-0.15, -0.1) is 0 Å². The van der Waals surface area contributed by atoms with Crippen LogP contribution < -0.4 is 16.8 Å². The first-order chi connectivity index (χ1) is 17.3. The number of nitrogens with one attached hydrogen (secondary N) is 1. The summed E-state index contributed by atoms with van der Waals surface area (Å²) in [4.78, 5) is 68.5. The fraction of sp³-hybridized carbons (Fsp3) is 0.364. The molecule has 0 unspecified atom stereocenters. The van der Waals surface area contributed by atoms with E-state index in [-0.39, 0.29) is 31.3 Å². The maximum atomic E-state index is 12.0. The number of ether oxygens (including phenoxy) is 1. The summed E-state index contributed by atoms with van der Waals surface area (Å²) in [6, 6.07) is 5.57. The number of amides is 3. The minimum absolute atomic E-state index is 0.216. The van der Waals surface area contributed by atoms with Crippen LogP contribution in [0.5, 0.6) is 0 Å². The van der Waals surface area contributed by atoms with Crippen LogP contribution in [0.2, 0.25) is 0 Å². The average molecular weight is 530 g/mol. The largest absolute Gasteiger partial charge is 0.490 e. The molecule has 0 fully saturated rings. The van der Waals surface area contributed by atoms with Gasteiger partial charge in [0.2, 0.25) is 0 Å². The Labute approximate surface area is 208 Å². The molecular formula is C22H25F3N4O8. The Balaban J connectivity index is 0.000000856. The Morgan fingerprint density at radius 1 is 1.08 bits per heavy atom. The van der Waals surface area contributed by atoms with E-state index in [0.29, 0.717) is 18.4 Å². The Morgan fingerprint density at radius 2 is 1.68 bits per heavy atom. The predicted molar refractivity (Wildman–Crippen MR) is 119 cm³/mol. The lowest BCUT2D eigenvalue weighted by Gasteiger charge is -2.14. The van der Waals surface area contributed by atoms with Gasteiger partial charge >= 0.3 is 24.1 Å². The zero-order chi connectivity index (χ0) is 28.2. The van der Waals surface area contributed by atoms with Crippen LogP contribution >= 0.6 is 0 Å². The number of aliphatic carboxylic acids is 1. The van der Waals surface area contributed by atoms with E-state index < -0.39 is 42.6 Å². The number of unbranched alkanes of at least 4 members (excludes halogenated alkanes) is 1. The predicted octanol–water partition coefficient (Wildman–Crippen LogP) is 0.000800. The monoisotopic (exact) mass is 530 g/mol. The second kappa shape index (κ2) is 14.4. The number of nitrogens with zero attached hydrogens (tertiary/aromatic N) is 1. The summed E-state index contributed by atoms with van der Waals surface area (Å²) < 4.78 is 36.4. The fourth-order valence-electron chi connectivity index (χ4n) is 2.72. The zero-order valence-electron chi connectivity index (χ0n) is 19.3. The molecule has 37 heavy (non-hydrogen) atoms. The fourth-order valence-corrected chi connectivity index (χ4v) is 2.72. The zero-order valence-corrected chi connectivity index (χ0v) is 19.3. The summed E-state index contributed by atoms with van der Waals surface area (Å²) in [6.45, 7) is 0.0101. The average Bonchev–Trinajstić information content (AvgIpc) is 3.16. The summed E-state index contributed by atoms with van der Waals surface area (Å²) in [7, 11) is 0. The molecule has 1 heterocycles. The molecule has 2 rings (SSSR count). The molecule has 0 spiro atoms. The van der Waals surface area contributed by atoms with Gasteiger partial charge < -0.3 is 26.6 Å². The van der Waals surface area contributed by atoms with Crippen molar-refractivity contribution >= 4 is 35.6 Å². The van der Waals surface area contributed by atoms with Crippen LogP contribution in [0.1, 0.15) is 35.2 Å². The van der Waals surface area contributed by atoms with Crippen molar-refractivity contribution in [1.29, 1.82) is 0 Å². The standard InChI is InChI=1S/C20H24N4O6.C2HF3O2/c21-11-13-4-3-5-14(10-13)19(28)23-12-18(27)30-20(29)15(22)6-1-2-9-24-16(25)7-8-17(24)26;3-2(4,5)1(6)7/h3-5,7-8,10,15H,1-2,6,9,11-12,21-22H2,(H,23,28);(H,6,7)/t15-;/m1./s1. The van der Waals surface area contributed by atoms with Gasteiger partial charge in [-0.3, -0.25) is 19.3 Å². The molecule has 6 N–H and O–H groups in total. The number of alkyl halides is 3. The van der Waals surface area contributed by atoms with E-state index in [1.54, 1.807) is 24.3 Å². The van der Waals surface area contributed by atoms with Gasteiger partial charge in [-0.1, -0.05) is 12.1 Å². The third kappa shape index (κ3) is 11.0. The molecule has 1 aliphatic heterocycles. The Kier molecular flexibility index (Phi) is 12.1. The van der Waals surface area contributed by atoms with Crippen molar-refractivity contribution in [1.82, 2.24) is 10.2 Å². The van der Waals surface area contributed by atoms with E-state index in [1.165, 1.54) is 12.2 Å². The number of rotatable bonds is 10. The molecule has 1 aliphatic rings. The molecular weight excluding hydrogens is 505 g/mol. The van der Waals surface area contributed by atoms with Crippen molar-refractivity contribution in [2.45, 2.75) is 38.0 Å². The number of esters is 2.